The summed E-state index contributed by atoms with van der Waals surface area (Å²) < 4.78 is 17.8. The van der Waals surface area contributed by atoms with Gasteiger partial charge >= 0.3 is 0 Å². The predicted molar refractivity (Wildman–Crippen MR) is 90.2 cm³/mol. The first-order valence-corrected chi connectivity index (χ1v) is 8.30. The summed E-state index contributed by atoms with van der Waals surface area (Å²) in [7, 11) is 0. The van der Waals surface area contributed by atoms with Crippen LogP contribution in [-0.2, 0) is 12.0 Å². The zero-order valence-electron chi connectivity index (χ0n) is 13.8. The minimum Gasteiger partial charge on any atom is -0.508 e. The van der Waals surface area contributed by atoms with Gasteiger partial charge in [-0.25, -0.2) is 0 Å². The number of benzene rings is 2. The number of hydrogen-bond donors (Lipinski definition) is 2. The lowest BCUT2D eigenvalue weighted by Crippen LogP contribution is -2.41. The van der Waals surface area contributed by atoms with Crippen LogP contribution in [0.25, 0.3) is 0 Å². The average molecular weight is 338 g/mol. The molecule has 5 heteroatoms. The molecule has 0 aliphatic carbocycles. The maximum Gasteiger partial charge on any atom is 0.168 e. The second kappa shape index (κ2) is 4.70. The molecule has 0 radical (unpaired) electrons. The highest BCUT2D eigenvalue weighted by Crippen LogP contribution is 2.55. The Hall–Kier alpha value is -2.66. The van der Waals surface area contributed by atoms with Crippen molar-refractivity contribution in [1.29, 1.82) is 0 Å². The topological polar surface area (TPSA) is 68.2 Å². The molecule has 1 unspecified atom stereocenters. The van der Waals surface area contributed by atoms with E-state index in [-0.39, 0.29) is 18.5 Å². The van der Waals surface area contributed by atoms with Gasteiger partial charge in [0.25, 0.3) is 0 Å². The average Bonchev–Trinajstić information content (AvgIpc) is 3.11. The van der Waals surface area contributed by atoms with Crippen molar-refractivity contribution in [2.75, 3.05) is 6.61 Å². The highest BCUT2D eigenvalue weighted by Gasteiger charge is 2.53. The van der Waals surface area contributed by atoms with Gasteiger partial charge in [-0.3, -0.25) is 0 Å². The van der Waals surface area contributed by atoms with E-state index in [0.29, 0.717) is 17.1 Å². The molecule has 3 aliphatic rings. The van der Waals surface area contributed by atoms with Crippen molar-refractivity contribution >= 4 is 0 Å². The van der Waals surface area contributed by atoms with Gasteiger partial charge in [-0.05, 0) is 36.3 Å². The molecule has 2 aromatic rings. The normalized spacial score (nSPS) is 27.9. The van der Waals surface area contributed by atoms with Crippen LogP contribution in [0.4, 0.5) is 0 Å². The molecule has 5 rings (SSSR count). The van der Waals surface area contributed by atoms with Crippen LogP contribution in [0.3, 0.4) is 0 Å². The van der Waals surface area contributed by atoms with Gasteiger partial charge in [-0.1, -0.05) is 6.58 Å². The van der Waals surface area contributed by atoms with Crippen molar-refractivity contribution in [3.8, 4) is 23.0 Å². The Morgan fingerprint density at radius 1 is 1.16 bits per heavy atom. The number of ether oxygens (including phenoxy) is 3. The van der Waals surface area contributed by atoms with E-state index >= 15 is 0 Å². The van der Waals surface area contributed by atoms with Crippen molar-refractivity contribution in [2.45, 2.75) is 31.2 Å². The Bertz CT molecular complexity index is 919. The van der Waals surface area contributed by atoms with Crippen LogP contribution in [0.15, 0.2) is 42.5 Å². The molecule has 25 heavy (non-hydrogen) atoms. The Morgan fingerprint density at radius 3 is 2.80 bits per heavy atom. The molecule has 0 aromatic heterocycles. The molecule has 2 N–H and O–H groups in total. The first-order valence-electron chi connectivity index (χ1n) is 8.30. The summed E-state index contributed by atoms with van der Waals surface area (Å²) in [6, 6.07) is 8.63. The monoisotopic (exact) mass is 338 g/mol. The van der Waals surface area contributed by atoms with E-state index in [9.17, 15) is 10.2 Å². The zero-order valence-corrected chi connectivity index (χ0v) is 13.8. The third kappa shape index (κ3) is 1.93. The number of aromatic hydroxyl groups is 1. The van der Waals surface area contributed by atoms with Crippen LogP contribution in [-0.4, -0.2) is 22.9 Å². The molecule has 0 saturated carbocycles. The van der Waals surface area contributed by atoms with Crippen molar-refractivity contribution in [1.82, 2.24) is 0 Å². The Kier molecular flexibility index (Phi) is 2.76. The summed E-state index contributed by atoms with van der Waals surface area (Å²) in [4.78, 5) is 0. The third-order valence-electron chi connectivity index (χ3n) is 5.26. The van der Waals surface area contributed by atoms with Gasteiger partial charge in [-0.15, -0.1) is 0 Å². The molecule has 5 nitrogen and oxygen atoms in total. The summed E-state index contributed by atoms with van der Waals surface area (Å²) in [5, 5.41) is 20.9. The molecule has 2 aromatic carbocycles. The van der Waals surface area contributed by atoms with E-state index < -0.39 is 11.7 Å². The van der Waals surface area contributed by atoms with Crippen LogP contribution >= 0.6 is 0 Å². The van der Waals surface area contributed by atoms with Gasteiger partial charge in [0.2, 0.25) is 0 Å². The number of hydrogen-bond acceptors (Lipinski definition) is 5. The van der Waals surface area contributed by atoms with Crippen molar-refractivity contribution in [3.05, 3.63) is 59.2 Å². The lowest BCUT2D eigenvalue weighted by Gasteiger charge is -2.35. The lowest BCUT2D eigenvalue weighted by atomic mass is 9.84. The summed E-state index contributed by atoms with van der Waals surface area (Å²) in [5.41, 5.74) is 2.21. The molecule has 0 amide bonds. The molecule has 0 spiro atoms. The van der Waals surface area contributed by atoms with Gasteiger partial charge in [0.05, 0.1) is 0 Å². The molecular formula is C20H18O5. The van der Waals surface area contributed by atoms with Crippen LogP contribution < -0.4 is 14.2 Å². The van der Waals surface area contributed by atoms with E-state index in [1.165, 1.54) is 6.07 Å². The second-order valence-corrected chi connectivity index (χ2v) is 7.05. The van der Waals surface area contributed by atoms with Crippen LogP contribution in [0.5, 0.6) is 23.0 Å². The maximum absolute atomic E-state index is 11.2. The first kappa shape index (κ1) is 14.7. The number of phenolic OH excluding ortho intramolecular Hbond substituents is 1. The summed E-state index contributed by atoms with van der Waals surface area (Å²) >= 11 is 0. The first-order chi connectivity index (χ1) is 12.0. The standard InChI is InChI=1S/C20H18O5/c1-10(2)15-6-11-5-13-17(8-16(11)24-15)23-9-20(22)14-4-3-12(21)7-18(14)25-19(13)20/h3-5,7-8,15,19,21-22H,1,6,9H2,2H3/t15?,19-,20+/m0/s1. The van der Waals surface area contributed by atoms with Gasteiger partial charge in [0.15, 0.2) is 11.7 Å². The molecule has 0 fully saturated rings. The van der Waals surface area contributed by atoms with Gasteiger partial charge in [0.1, 0.15) is 35.7 Å². The van der Waals surface area contributed by atoms with Gasteiger partial charge in [-0.2, -0.15) is 0 Å². The molecule has 128 valence electrons. The largest absolute Gasteiger partial charge is 0.508 e. The quantitative estimate of drug-likeness (QED) is 0.783. The molecule has 3 aliphatic heterocycles. The minimum absolute atomic E-state index is 0.0311. The maximum atomic E-state index is 11.2. The summed E-state index contributed by atoms with van der Waals surface area (Å²) in [6.45, 7) is 6.01. The zero-order chi connectivity index (χ0) is 17.3. The minimum atomic E-state index is -1.27. The van der Waals surface area contributed by atoms with Crippen molar-refractivity contribution in [2.24, 2.45) is 0 Å². The second-order valence-electron chi connectivity index (χ2n) is 7.05. The lowest BCUT2D eigenvalue weighted by molar-refractivity contribution is -0.0864. The fourth-order valence-electron chi connectivity index (χ4n) is 3.89. The fraction of sp³-hybridized carbons (Fsp3) is 0.300. The molecule has 0 saturated heterocycles. The predicted octanol–water partition coefficient (Wildman–Crippen LogP) is 2.99. The highest BCUT2D eigenvalue weighted by atomic mass is 16.5. The highest BCUT2D eigenvalue weighted by molar-refractivity contribution is 5.56. The van der Waals surface area contributed by atoms with E-state index in [0.717, 1.165) is 28.9 Å². The molecular weight excluding hydrogens is 320 g/mol. The molecule has 0 bridgehead atoms. The number of phenols is 1. The van der Waals surface area contributed by atoms with Crippen molar-refractivity contribution < 1.29 is 24.4 Å². The van der Waals surface area contributed by atoms with E-state index in [4.69, 9.17) is 14.2 Å². The third-order valence-corrected chi connectivity index (χ3v) is 5.26. The smallest absolute Gasteiger partial charge is 0.168 e. The number of aliphatic hydroxyl groups is 1. The van der Waals surface area contributed by atoms with Crippen LogP contribution in [0.2, 0.25) is 0 Å². The van der Waals surface area contributed by atoms with Crippen molar-refractivity contribution in [3.63, 3.8) is 0 Å². The van der Waals surface area contributed by atoms with Crippen LogP contribution in [0, 0.1) is 0 Å². The molecule has 3 atom stereocenters. The Balaban J connectivity index is 1.59. The number of rotatable bonds is 1. The van der Waals surface area contributed by atoms with E-state index in [1.807, 2.05) is 19.1 Å². The van der Waals surface area contributed by atoms with Gasteiger partial charge < -0.3 is 24.4 Å². The number of fused-ring (bicyclic) bond motifs is 6. The Labute approximate surface area is 145 Å². The SMILES string of the molecule is C=C(C)C1Cc2cc3c(cc2O1)OC[C@@]1(O)c2ccc(O)cc2O[C@@H]31. The molecule has 3 heterocycles. The Morgan fingerprint density at radius 2 is 2.00 bits per heavy atom. The van der Waals surface area contributed by atoms with Crippen LogP contribution in [0.1, 0.15) is 29.7 Å². The summed E-state index contributed by atoms with van der Waals surface area (Å²) in [5.74, 6) is 2.05. The van der Waals surface area contributed by atoms with Gasteiger partial charge in [0, 0.05) is 29.7 Å². The van der Waals surface area contributed by atoms with E-state index in [1.54, 1.807) is 12.1 Å². The van der Waals surface area contributed by atoms with E-state index in [2.05, 4.69) is 6.58 Å². The summed E-state index contributed by atoms with van der Waals surface area (Å²) in [6.07, 6.45) is 0.148. The fourth-order valence-corrected chi connectivity index (χ4v) is 3.89.